The van der Waals surface area contributed by atoms with Gasteiger partial charge >= 0.3 is 0 Å². The molecule has 1 unspecified atom stereocenters. The number of aliphatic hydroxyl groups excluding tert-OH is 1. The molecule has 1 atom stereocenters. The van der Waals surface area contributed by atoms with Gasteiger partial charge in [-0.05, 0) is 30.0 Å². The lowest BCUT2D eigenvalue weighted by Gasteiger charge is -2.13. The van der Waals surface area contributed by atoms with E-state index in [1.54, 1.807) is 0 Å². The fraction of sp³-hybridized carbons (Fsp3) is 0.500. The molecular weight excluding hydrogens is 214 g/mol. The van der Waals surface area contributed by atoms with Crippen LogP contribution in [0.15, 0.2) is 12.1 Å². The van der Waals surface area contributed by atoms with Crippen LogP contribution in [-0.4, -0.2) is 11.0 Å². The Balaban J connectivity index is 2.23. The zero-order valence-electron chi connectivity index (χ0n) is 10.4. The quantitative estimate of drug-likeness (QED) is 0.840. The van der Waals surface area contributed by atoms with Crippen LogP contribution in [0.5, 0.6) is 0 Å². The van der Waals surface area contributed by atoms with Crippen molar-refractivity contribution in [2.45, 2.75) is 45.6 Å². The first-order valence-electron chi connectivity index (χ1n) is 6.23. The molecule has 3 nitrogen and oxygen atoms in total. The molecule has 92 valence electrons. The number of rotatable bonds is 4. The van der Waals surface area contributed by atoms with Gasteiger partial charge in [-0.1, -0.05) is 31.9 Å². The number of nitrogens with one attached hydrogen (secondary N) is 1. The van der Waals surface area contributed by atoms with Gasteiger partial charge in [0.2, 0.25) is 5.91 Å². The highest BCUT2D eigenvalue weighted by Crippen LogP contribution is 2.31. The summed E-state index contributed by atoms with van der Waals surface area (Å²) in [7, 11) is 0. The molecule has 1 aliphatic heterocycles. The van der Waals surface area contributed by atoms with Crippen molar-refractivity contribution in [3.8, 4) is 0 Å². The van der Waals surface area contributed by atoms with Crippen molar-refractivity contribution in [1.82, 2.24) is 0 Å². The molecule has 0 aromatic heterocycles. The van der Waals surface area contributed by atoms with Gasteiger partial charge in [-0.25, -0.2) is 0 Å². The third-order valence-corrected chi connectivity index (χ3v) is 3.27. The van der Waals surface area contributed by atoms with Gasteiger partial charge in [0.1, 0.15) is 0 Å². The van der Waals surface area contributed by atoms with Crippen LogP contribution < -0.4 is 5.32 Å². The van der Waals surface area contributed by atoms with Crippen molar-refractivity contribution in [3.05, 3.63) is 28.8 Å². The normalized spacial score (nSPS) is 15.6. The second kappa shape index (κ2) is 4.88. The highest BCUT2D eigenvalue weighted by Gasteiger charge is 2.21. The number of carbonyl (C=O) groups excluding carboxylic acids is 1. The molecule has 0 saturated carbocycles. The second-order valence-corrected chi connectivity index (χ2v) is 4.75. The Morgan fingerprint density at radius 1 is 1.47 bits per heavy atom. The lowest BCUT2D eigenvalue weighted by Crippen LogP contribution is -2.04. The molecule has 1 aliphatic rings. The molecule has 0 fully saturated rings. The van der Waals surface area contributed by atoms with E-state index in [2.05, 4.69) is 12.2 Å². The molecule has 1 aromatic carbocycles. The molecular formula is C14H19NO2. The summed E-state index contributed by atoms with van der Waals surface area (Å²) in [5, 5.41) is 12.9. The summed E-state index contributed by atoms with van der Waals surface area (Å²) in [5.74, 6) is 0.0447. The molecule has 2 N–H and O–H groups in total. The van der Waals surface area contributed by atoms with Crippen molar-refractivity contribution in [3.63, 3.8) is 0 Å². The summed E-state index contributed by atoms with van der Waals surface area (Å²) in [6, 6.07) is 3.94. The number of anilines is 1. The summed E-state index contributed by atoms with van der Waals surface area (Å²) < 4.78 is 0. The van der Waals surface area contributed by atoms with Crippen molar-refractivity contribution in [1.29, 1.82) is 0 Å². The van der Waals surface area contributed by atoms with Crippen molar-refractivity contribution >= 4 is 11.6 Å². The number of amides is 1. The Morgan fingerprint density at radius 3 is 2.94 bits per heavy atom. The molecule has 1 aromatic rings. The minimum absolute atomic E-state index is 0.0447. The Kier molecular flexibility index (Phi) is 3.48. The van der Waals surface area contributed by atoms with Crippen LogP contribution in [-0.2, 0) is 11.2 Å². The molecule has 0 radical (unpaired) electrons. The Morgan fingerprint density at radius 2 is 2.24 bits per heavy atom. The van der Waals surface area contributed by atoms with Crippen LogP contribution in [0.25, 0.3) is 0 Å². The summed E-state index contributed by atoms with van der Waals surface area (Å²) in [6.07, 6.45) is 2.92. The number of unbranched alkanes of at least 4 members (excludes halogenated alkanes) is 1. The van der Waals surface area contributed by atoms with Gasteiger partial charge in [-0.2, -0.15) is 0 Å². The predicted octanol–water partition coefficient (Wildman–Crippen LogP) is 2.71. The second-order valence-electron chi connectivity index (χ2n) is 4.75. The molecule has 0 spiro atoms. The molecule has 0 bridgehead atoms. The van der Waals surface area contributed by atoms with Crippen LogP contribution in [0, 0.1) is 6.92 Å². The van der Waals surface area contributed by atoms with Crippen LogP contribution in [0.3, 0.4) is 0 Å². The van der Waals surface area contributed by atoms with Crippen LogP contribution in [0.2, 0.25) is 0 Å². The van der Waals surface area contributed by atoms with E-state index in [-0.39, 0.29) is 5.91 Å². The van der Waals surface area contributed by atoms with Crippen LogP contribution >= 0.6 is 0 Å². The SMILES string of the molecule is CCCCC(O)c1cc(C)c2c(c1)CC(=O)N2. The lowest BCUT2D eigenvalue weighted by atomic mass is 9.97. The fourth-order valence-corrected chi connectivity index (χ4v) is 2.32. The van der Waals surface area contributed by atoms with E-state index in [9.17, 15) is 9.90 Å². The highest BCUT2D eigenvalue weighted by atomic mass is 16.3. The Hall–Kier alpha value is -1.35. The largest absolute Gasteiger partial charge is 0.388 e. The molecule has 0 aliphatic carbocycles. The standard InChI is InChI=1S/C14H19NO2/c1-3-4-5-12(16)10-6-9(2)14-11(7-10)8-13(17)15-14/h6-7,12,16H,3-5,8H2,1-2H3,(H,15,17). The van der Waals surface area contributed by atoms with Gasteiger partial charge < -0.3 is 10.4 Å². The first kappa shape index (κ1) is 12.1. The Labute approximate surface area is 102 Å². The predicted molar refractivity (Wildman–Crippen MR) is 68.0 cm³/mol. The van der Waals surface area contributed by atoms with Gasteiger partial charge in [0.15, 0.2) is 0 Å². The van der Waals surface area contributed by atoms with E-state index in [1.165, 1.54) is 0 Å². The van der Waals surface area contributed by atoms with Gasteiger partial charge in [0.25, 0.3) is 0 Å². The minimum atomic E-state index is -0.408. The zero-order chi connectivity index (χ0) is 12.4. The maximum Gasteiger partial charge on any atom is 0.228 e. The van der Waals surface area contributed by atoms with Gasteiger partial charge in [0, 0.05) is 5.69 Å². The van der Waals surface area contributed by atoms with Gasteiger partial charge in [-0.3, -0.25) is 4.79 Å². The Bertz CT molecular complexity index is 440. The first-order chi connectivity index (χ1) is 8.11. The van der Waals surface area contributed by atoms with Crippen LogP contribution in [0.1, 0.15) is 49.0 Å². The van der Waals surface area contributed by atoms with Crippen molar-refractivity contribution < 1.29 is 9.90 Å². The van der Waals surface area contributed by atoms with Gasteiger partial charge in [-0.15, -0.1) is 0 Å². The van der Waals surface area contributed by atoms with Crippen molar-refractivity contribution in [2.24, 2.45) is 0 Å². The van der Waals surface area contributed by atoms with E-state index in [0.29, 0.717) is 6.42 Å². The van der Waals surface area contributed by atoms with E-state index in [0.717, 1.165) is 41.6 Å². The molecule has 1 heterocycles. The molecule has 17 heavy (non-hydrogen) atoms. The smallest absolute Gasteiger partial charge is 0.228 e. The topological polar surface area (TPSA) is 49.3 Å². The van der Waals surface area contributed by atoms with E-state index in [4.69, 9.17) is 0 Å². The maximum atomic E-state index is 11.3. The number of aryl methyl sites for hydroxylation is 1. The van der Waals surface area contributed by atoms with E-state index >= 15 is 0 Å². The summed E-state index contributed by atoms with van der Waals surface area (Å²) in [4.78, 5) is 11.3. The number of fused-ring (bicyclic) bond motifs is 1. The molecule has 3 heteroatoms. The monoisotopic (exact) mass is 233 g/mol. The van der Waals surface area contributed by atoms with E-state index < -0.39 is 6.10 Å². The third kappa shape index (κ3) is 2.50. The number of benzene rings is 1. The maximum absolute atomic E-state index is 11.3. The fourth-order valence-electron chi connectivity index (χ4n) is 2.32. The van der Waals surface area contributed by atoms with Gasteiger partial charge in [0.05, 0.1) is 12.5 Å². The first-order valence-corrected chi connectivity index (χ1v) is 6.23. The summed E-state index contributed by atoms with van der Waals surface area (Å²) in [5.41, 5.74) is 3.92. The average Bonchev–Trinajstić information content (AvgIpc) is 2.67. The number of hydrogen-bond acceptors (Lipinski definition) is 2. The molecule has 1 amide bonds. The highest BCUT2D eigenvalue weighted by molar-refractivity contribution is 6.00. The summed E-state index contributed by atoms with van der Waals surface area (Å²) >= 11 is 0. The average molecular weight is 233 g/mol. The molecule has 2 rings (SSSR count). The zero-order valence-corrected chi connectivity index (χ0v) is 10.4. The number of aliphatic hydroxyl groups is 1. The summed E-state index contributed by atoms with van der Waals surface area (Å²) in [6.45, 7) is 4.09. The van der Waals surface area contributed by atoms with Crippen molar-refractivity contribution in [2.75, 3.05) is 5.32 Å². The van der Waals surface area contributed by atoms with Crippen LogP contribution in [0.4, 0.5) is 5.69 Å². The minimum Gasteiger partial charge on any atom is -0.388 e. The number of carbonyl (C=O) groups is 1. The number of hydrogen-bond donors (Lipinski definition) is 2. The molecule has 0 saturated heterocycles. The third-order valence-electron chi connectivity index (χ3n) is 3.27. The van der Waals surface area contributed by atoms with E-state index in [1.807, 2.05) is 19.1 Å². The lowest BCUT2D eigenvalue weighted by molar-refractivity contribution is -0.115.